The number of hydrogen-bond acceptors (Lipinski definition) is 2. The third kappa shape index (κ3) is 4.52. The zero-order valence-electron chi connectivity index (χ0n) is 17.0. The SMILES string of the molecule is CCC(=O)NC1CC(NC(=O)CC)CC(C(C)(C)C)(C(C)(C)C)C1. The normalized spacial score (nSPS) is 24.3. The van der Waals surface area contributed by atoms with E-state index >= 15 is 0 Å². The van der Waals surface area contributed by atoms with Crippen LogP contribution in [0.1, 0.15) is 87.5 Å². The van der Waals surface area contributed by atoms with Crippen molar-refractivity contribution in [1.29, 1.82) is 0 Å². The van der Waals surface area contributed by atoms with E-state index in [-0.39, 0.29) is 40.1 Å². The molecule has 0 aromatic rings. The molecule has 0 spiro atoms. The van der Waals surface area contributed by atoms with Gasteiger partial charge in [-0.25, -0.2) is 0 Å². The second-order valence-electron chi connectivity index (χ2n) is 9.46. The fraction of sp³-hybridized carbons (Fsp3) is 0.900. The second-order valence-corrected chi connectivity index (χ2v) is 9.46. The molecule has 0 heterocycles. The molecular formula is C20H38N2O2. The number of hydrogen-bond donors (Lipinski definition) is 2. The molecule has 1 saturated carbocycles. The molecule has 2 N–H and O–H groups in total. The van der Waals surface area contributed by atoms with Crippen LogP contribution in [0.5, 0.6) is 0 Å². The van der Waals surface area contributed by atoms with Crippen LogP contribution < -0.4 is 10.6 Å². The van der Waals surface area contributed by atoms with Gasteiger partial charge in [0.25, 0.3) is 0 Å². The topological polar surface area (TPSA) is 58.2 Å². The van der Waals surface area contributed by atoms with Crippen LogP contribution in [-0.2, 0) is 9.59 Å². The zero-order valence-corrected chi connectivity index (χ0v) is 17.0. The van der Waals surface area contributed by atoms with Crippen LogP contribution in [0.25, 0.3) is 0 Å². The van der Waals surface area contributed by atoms with Gasteiger partial charge in [-0.1, -0.05) is 55.4 Å². The van der Waals surface area contributed by atoms with E-state index in [1.54, 1.807) is 0 Å². The van der Waals surface area contributed by atoms with Crippen LogP contribution in [-0.4, -0.2) is 23.9 Å². The number of amides is 2. The van der Waals surface area contributed by atoms with Crippen LogP contribution in [0, 0.1) is 16.2 Å². The molecule has 0 radical (unpaired) electrons. The van der Waals surface area contributed by atoms with Gasteiger partial charge in [0.15, 0.2) is 0 Å². The molecule has 0 aromatic carbocycles. The Hall–Kier alpha value is -1.06. The second kappa shape index (κ2) is 7.45. The van der Waals surface area contributed by atoms with E-state index in [1.807, 2.05) is 13.8 Å². The van der Waals surface area contributed by atoms with E-state index in [0.29, 0.717) is 12.8 Å². The summed E-state index contributed by atoms with van der Waals surface area (Å²) in [6, 6.07) is 0.235. The maximum Gasteiger partial charge on any atom is 0.219 e. The average Bonchev–Trinajstić information content (AvgIpc) is 2.44. The van der Waals surface area contributed by atoms with Crippen molar-refractivity contribution >= 4 is 11.8 Å². The van der Waals surface area contributed by atoms with Gasteiger partial charge in [-0.2, -0.15) is 0 Å². The number of nitrogens with one attached hydrogen (secondary N) is 2. The van der Waals surface area contributed by atoms with Gasteiger partial charge in [-0.15, -0.1) is 0 Å². The highest BCUT2D eigenvalue weighted by Gasteiger charge is 2.54. The number of carbonyl (C=O) groups excluding carboxylic acids is 2. The summed E-state index contributed by atoms with van der Waals surface area (Å²) in [6.45, 7) is 17.5. The summed E-state index contributed by atoms with van der Waals surface area (Å²) < 4.78 is 0. The van der Waals surface area contributed by atoms with Crippen molar-refractivity contribution < 1.29 is 9.59 Å². The summed E-state index contributed by atoms with van der Waals surface area (Å²) >= 11 is 0. The molecule has 0 bridgehead atoms. The molecule has 0 aliphatic heterocycles. The van der Waals surface area contributed by atoms with Crippen molar-refractivity contribution in [1.82, 2.24) is 10.6 Å². The summed E-state index contributed by atoms with van der Waals surface area (Å²) in [4.78, 5) is 24.0. The van der Waals surface area contributed by atoms with Gasteiger partial charge in [-0.3, -0.25) is 9.59 Å². The van der Waals surface area contributed by atoms with Gasteiger partial charge in [0, 0.05) is 24.9 Å². The van der Waals surface area contributed by atoms with E-state index < -0.39 is 0 Å². The highest BCUT2D eigenvalue weighted by Crippen LogP contribution is 2.59. The highest BCUT2D eigenvalue weighted by atomic mass is 16.2. The fourth-order valence-electron chi connectivity index (χ4n) is 4.66. The van der Waals surface area contributed by atoms with Crippen LogP contribution in [0.4, 0.5) is 0 Å². The molecule has 1 rings (SSSR count). The molecule has 2 atom stereocenters. The van der Waals surface area contributed by atoms with E-state index in [2.05, 4.69) is 52.2 Å². The summed E-state index contributed by atoms with van der Waals surface area (Å²) in [5.74, 6) is 0.193. The minimum Gasteiger partial charge on any atom is -0.353 e. The summed E-state index contributed by atoms with van der Waals surface area (Å²) in [6.07, 6.45) is 3.75. The lowest BCUT2D eigenvalue weighted by atomic mass is 9.47. The first-order chi connectivity index (χ1) is 10.9. The molecule has 1 aliphatic carbocycles. The van der Waals surface area contributed by atoms with Crippen molar-refractivity contribution in [2.24, 2.45) is 16.2 Å². The van der Waals surface area contributed by atoms with Gasteiger partial charge in [0.1, 0.15) is 0 Å². The van der Waals surface area contributed by atoms with Crippen molar-refractivity contribution in [3.8, 4) is 0 Å². The molecular weight excluding hydrogens is 300 g/mol. The lowest BCUT2D eigenvalue weighted by molar-refractivity contribution is -0.127. The number of rotatable bonds is 4. The first-order valence-electron chi connectivity index (χ1n) is 9.45. The predicted octanol–water partition coefficient (Wildman–Crippen LogP) is 4.04. The van der Waals surface area contributed by atoms with Crippen molar-refractivity contribution in [3.05, 3.63) is 0 Å². The minimum absolute atomic E-state index is 0.0373. The lowest BCUT2D eigenvalue weighted by Crippen LogP contribution is -2.59. The average molecular weight is 339 g/mol. The molecule has 24 heavy (non-hydrogen) atoms. The molecule has 0 saturated heterocycles. The smallest absolute Gasteiger partial charge is 0.219 e. The van der Waals surface area contributed by atoms with Crippen LogP contribution >= 0.6 is 0 Å². The Morgan fingerprint density at radius 2 is 1.17 bits per heavy atom. The highest BCUT2D eigenvalue weighted by molar-refractivity contribution is 5.76. The lowest BCUT2D eigenvalue weighted by Gasteiger charge is -2.59. The molecule has 2 amide bonds. The van der Waals surface area contributed by atoms with Gasteiger partial charge < -0.3 is 10.6 Å². The maximum absolute atomic E-state index is 12.0. The van der Waals surface area contributed by atoms with E-state index in [1.165, 1.54) is 0 Å². The van der Waals surface area contributed by atoms with E-state index in [9.17, 15) is 9.59 Å². The van der Waals surface area contributed by atoms with Crippen molar-refractivity contribution in [3.63, 3.8) is 0 Å². The Kier molecular flexibility index (Phi) is 6.51. The Morgan fingerprint density at radius 1 is 0.833 bits per heavy atom. The Morgan fingerprint density at radius 3 is 1.42 bits per heavy atom. The molecule has 1 fully saturated rings. The number of carbonyl (C=O) groups is 2. The van der Waals surface area contributed by atoms with E-state index in [0.717, 1.165) is 19.3 Å². The van der Waals surface area contributed by atoms with Gasteiger partial charge >= 0.3 is 0 Å². The van der Waals surface area contributed by atoms with E-state index in [4.69, 9.17) is 0 Å². The zero-order chi connectivity index (χ0) is 18.8. The molecule has 4 heteroatoms. The monoisotopic (exact) mass is 338 g/mol. The first kappa shape index (κ1) is 21.0. The van der Waals surface area contributed by atoms with Gasteiger partial charge in [0.2, 0.25) is 11.8 Å². The van der Waals surface area contributed by atoms with Crippen LogP contribution in [0.2, 0.25) is 0 Å². The third-order valence-electron chi connectivity index (χ3n) is 6.00. The third-order valence-corrected chi connectivity index (χ3v) is 6.00. The first-order valence-corrected chi connectivity index (χ1v) is 9.45. The van der Waals surface area contributed by atoms with Crippen LogP contribution in [0.3, 0.4) is 0 Å². The molecule has 4 nitrogen and oxygen atoms in total. The summed E-state index contributed by atoms with van der Waals surface area (Å²) in [5.41, 5.74) is 0.196. The van der Waals surface area contributed by atoms with Gasteiger partial charge in [0.05, 0.1) is 0 Å². The van der Waals surface area contributed by atoms with Crippen LogP contribution in [0.15, 0.2) is 0 Å². The summed E-state index contributed by atoms with van der Waals surface area (Å²) in [7, 11) is 0. The largest absolute Gasteiger partial charge is 0.353 e. The quantitative estimate of drug-likeness (QED) is 0.813. The summed E-state index contributed by atoms with van der Waals surface area (Å²) in [5, 5.41) is 6.40. The molecule has 1 aliphatic rings. The standard InChI is InChI=1S/C20H38N2O2/c1-9-16(23)21-14-11-15(22-17(24)10-2)13-20(12-14,18(3,4)5)19(6,7)8/h14-15H,9-13H2,1-8H3,(H,21,23)(H,22,24). The Balaban J connectivity index is 3.20. The molecule has 2 unspecified atom stereocenters. The molecule has 140 valence electrons. The maximum atomic E-state index is 12.0. The minimum atomic E-state index is 0.0373. The van der Waals surface area contributed by atoms with Crippen molar-refractivity contribution in [2.45, 2.75) is 99.6 Å². The predicted molar refractivity (Wildman–Crippen MR) is 99.6 cm³/mol. The Bertz CT molecular complexity index is 415. The fourth-order valence-corrected chi connectivity index (χ4v) is 4.66. The molecule has 0 aromatic heterocycles. The van der Waals surface area contributed by atoms with Gasteiger partial charge in [-0.05, 0) is 35.5 Å². The Labute approximate surface area is 148 Å². The van der Waals surface area contributed by atoms with Crippen molar-refractivity contribution in [2.75, 3.05) is 0 Å².